The summed E-state index contributed by atoms with van der Waals surface area (Å²) in [5.41, 5.74) is -0.165. The second-order valence-corrected chi connectivity index (χ2v) is 10.1. The van der Waals surface area contributed by atoms with Crippen LogP contribution in [0.25, 0.3) is 0 Å². The number of halogens is 3. The highest BCUT2D eigenvalue weighted by Gasteiger charge is 2.47. The van der Waals surface area contributed by atoms with Crippen LogP contribution in [0.15, 0.2) is 12.1 Å². The van der Waals surface area contributed by atoms with E-state index < -0.39 is 12.1 Å². The number of carboxylic acid groups (broad SMARTS) is 1. The lowest BCUT2D eigenvalue weighted by molar-refractivity contribution is -0.192. The van der Waals surface area contributed by atoms with Gasteiger partial charge in [-0.25, -0.2) is 9.59 Å². The normalized spacial score (nSPS) is 21.6. The van der Waals surface area contributed by atoms with E-state index in [2.05, 4.69) is 24.0 Å². The van der Waals surface area contributed by atoms with Gasteiger partial charge in [-0.1, -0.05) is 0 Å². The van der Waals surface area contributed by atoms with Gasteiger partial charge < -0.3 is 19.8 Å². The summed E-state index contributed by atoms with van der Waals surface area (Å²) in [6.45, 7) is 9.63. The molecule has 1 aromatic rings. The molecule has 1 unspecified atom stereocenters. The fourth-order valence-corrected chi connectivity index (χ4v) is 5.14. The van der Waals surface area contributed by atoms with Crippen molar-refractivity contribution in [3.05, 3.63) is 21.9 Å². The van der Waals surface area contributed by atoms with Crippen molar-refractivity contribution in [2.75, 3.05) is 53.4 Å². The molecular weight excluding hydrogens is 461 g/mol. The molecule has 1 spiro atoms. The van der Waals surface area contributed by atoms with E-state index in [1.165, 1.54) is 9.75 Å². The van der Waals surface area contributed by atoms with Crippen molar-refractivity contribution >= 4 is 29.2 Å². The predicted octanol–water partition coefficient (Wildman–Crippen LogP) is 2.73. The zero-order chi connectivity index (χ0) is 25.0. The summed E-state index contributed by atoms with van der Waals surface area (Å²) >= 11 is 1.83. The molecule has 12 heteroatoms. The fraction of sp³-hybridized carbons (Fsp3) is 0.667. The third-order valence-electron chi connectivity index (χ3n) is 5.63. The Balaban J connectivity index is 0.000000479. The average molecular weight is 493 g/mol. The van der Waals surface area contributed by atoms with Crippen LogP contribution in [0.1, 0.15) is 23.1 Å². The Labute approximate surface area is 195 Å². The minimum absolute atomic E-state index is 0.0422. The number of likely N-dealkylation sites (tertiary alicyclic amines) is 1. The van der Waals surface area contributed by atoms with Crippen LogP contribution in [0.2, 0.25) is 0 Å². The van der Waals surface area contributed by atoms with Crippen molar-refractivity contribution in [3.8, 4) is 0 Å². The highest BCUT2D eigenvalue weighted by atomic mass is 32.1. The van der Waals surface area contributed by atoms with Crippen molar-refractivity contribution in [2.45, 2.75) is 33.0 Å². The van der Waals surface area contributed by atoms with Crippen molar-refractivity contribution < 1.29 is 32.7 Å². The molecule has 186 valence electrons. The van der Waals surface area contributed by atoms with Crippen LogP contribution in [-0.4, -0.2) is 102 Å². The highest BCUT2D eigenvalue weighted by Crippen LogP contribution is 2.36. The largest absolute Gasteiger partial charge is 0.490 e. The van der Waals surface area contributed by atoms with E-state index >= 15 is 0 Å². The zero-order valence-corrected chi connectivity index (χ0v) is 20.1. The number of aryl methyl sites for hydroxylation is 1. The second-order valence-electron chi connectivity index (χ2n) is 8.71. The first kappa shape index (κ1) is 26.9. The van der Waals surface area contributed by atoms with Crippen molar-refractivity contribution in [1.29, 1.82) is 0 Å². The van der Waals surface area contributed by atoms with Gasteiger partial charge in [0.1, 0.15) is 0 Å². The Bertz CT molecular complexity index is 861. The number of thiophene rings is 1. The number of hydrogen-bond acceptors (Lipinski definition) is 5. The maximum absolute atomic E-state index is 12.6. The molecule has 1 atom stereocenters. The van der Waals surface area contributed by atoms with Gasteiger partial charge in [-0.05, 0) is 26.0 Å². The number of carboxylic acids is 1. The smallest absolute Gasteiger partial charge is 0.475 e. The molecule has 1 aromatic heterocycles. The van der Waals surface area contributed by atoms with Crippen LogP contribution in [0.3, 0.4) is 0 Å². The minimum Gasteiger partial charge on any atom is -0.475 e. The third kappa shape index (κ3) is 7.32. The molecule has 2 aliphatic heterocycles. The van der Waals surface area contributed by atoms with Gasteiger partial charge >= 0.3 is 18.2 Å². The lowest BCUT2D eigenvalue weighted by atomic mass is 9.86. The number of carbonyl (C=O) groups is 3. The fourth-order valence-electron chi connectivity index (χ4n) is 4.20. The van der Waals surface area contributed by atoms with Gasteiger partial charge in [0, 0.05) is 81.5 Å². The number of amides is 3. The average Bonchev–Trinajstić information content (AvgIpc) is 3.19. The van der Waals surface area contributed by atoms with E-state index in [0.29, 0.717) is 19.5 Å². The molecule has 0 radical (unpaired) electrons. The molecule has 2 fully saturated rings. The summed E-state index contributed by atoms with van der Waals surface area (Å²) in [4.78, 5) is 44.6. The first-order chi connectivity index (χ1) is 15.3. The summed E-state index contributed by atoms with van der Waals surface area (Å²) < 4.78 is 31.7. The SMILES string of the molecule is CCN1CC2(CC1=O)CN(Cc1ccc(C)s1)CCN(C(=O)N(C)C)C2.O=C(O)C(F)(F)F. The number of urea groups is 1. The number of rotatable bonds is 3. The van der Waals surface area contributed by atoms with E-state index in [-0.39, 0.29) is 17.4 Å². The zero-order valence-electron chi connectivity index (χ0n) is 19.3. The highest BCUT2D eigenvalue weighted by molar-refractivity contribution is 7.11. The molecular formula is C21H31F3N4O4S. The molecule has 2 aliphatic rings. The van der Waals surface area contributed by atoms with Crippen LogP contribution in [0, 0.1) is 12.3 Å². The van der Waals surface area contributed by atoms with Crippen LogP contribution in [-0.2, 0) is 16.1 Å². The molecule has 3 rings (SSSR count). The summed E-state index contributed by atoms with van der Waals surface area (Å²) in [5, 5.41) is 7.12. The first-order valence-electron chi connectivity index (χ1n) is 10.6. The van der Waals surface area contributed by atoms with E-state index in [1.807, 2.05) is 28.1 Å². The lowest BCUT2D eigenvalue weighted by Gasteiger charge is -2.34. The number of aliphatic carboxylic acids is 1. The van der Waals surface area contributed by atoms with Crippen LogP contribution in [0.5, 0.6) is 0 Å². The van der Waals surface area contributed by atoms with Crippen molar-refractivity contribution in [1.82, 2.24) is 19.6 Å². The molecule has 0 bridgehead atoms. The van der Waals surface area contributed by atoms with Crippen LogP contribution >= 0.6 is 11.3 Å². The van der Waals surface area contributed by atoms with Gasteiger partial charge in [-0.15, -0.1) is 11.3 Å². The molecule has 3 heterocycles. The second kappa shape index (κ2) is 10.7. The van der Waals surface area contributed by atoms with Gasteiger partial charge in [0.2, 0.25) is 5.91 Å². The first-order valence-corrected chi connectivity index (χ1v) is 11.4. The standard InChI is InChI=1S/C19H30N4O2S.C2HF3O2/c1-5-22-13-19(10-17(22)24)12-21(11-16-7-6-15(2)26-16)8-9-23(14-19)18(25)20(3)4;3-2(4,5)1(6)7/h6-7H,5,8-14H2,1-4H3;(H,6,7). The number of carbonyl (C=O) groups excluding carboxylic acids is 2. The number of hydrogen-bond donors (Lipinski definition) is 1. The van der Waals surface area contributed by atoms with Gasteiger partial charge in [-0.3, -0.25) is 9.69 Å². The minimum atomic E-state index is -5.08. The summed E-state index contributed by atoms with van der Waals surface area (Å²) in [6, 6.07) is 4.40. The van der Waals surface area contributed by atoms with Crippen LogP contribution in [0.4, 0.5) is 18.0 Å². The molecule has 1 N–H and O–H groups in total. The topological polar surface area (TPSA) is 84.4 Å². The summed E-state index contributed by atoms with van der Waals surface area (Å²) in [7, 11) is 3.59. The number of nitrogens with zero attached hydrogens (tertiary/aromatic N) is 4. The van der Waals surface area contributed by atoms with E-state index in [4.69, 9.17) is 9.90 Å². The Morgan fingerprint density at radius 3 is 2.27 bits per heavy atom. The van der Waals surface area contributed by atoms with Crippen molar-refractivity contribution in [3.63, 3.8) is 0 Å². The maximum Gasteiger partial charge on any atom is 0.490 e. The summed E-state index contributed by atoms with van der Waals surface area (Å²) in [5.74, 6) is -2.54. The predicted molar refractivity (Wildman–Crippen MR) is 118 cm³/mol. The quantitative estimate of drug-likeness (QED) is 0.702. The maximum atomic E-state index is 12.6. The van der Waals surface area contributed by atoms with Crippen molar-refractivity contribution in [2.24, 2.45) is 5.41 Å². The molecule has 0 aromatic carbocycles. The van der Waals surface area contributed by atoms with Gasteiger partial charge in [0.05, 0.1) is 0 Å². The van der Waals surface area contributed by atoms with Gasteiger partial charge in [0.15, 0.2) is 0 Å². The monoisotopic (exact) mass is 492 g/mol. The summed E-state index contributed by atoms with van der Waals surface area (Å²) in [6.07, 6.45) is -4.54. The molecule has 0 aliphatic carbocycles. The van der Waals surface area contributed by atoms with Crippen LogP contribution < -0.4 is 0 Å². The van der Waals surface area contributed by atoms with E-state index in [0.717, 1.165) is 32.7 Å². The molecule has 2 saturated heterocycles. The molecule has 8 nitrogen and oxygen atoms in total. The number of alkyl halides is 3. The van der Waals surface area contributed by atoms with E-state index in [9.17, 15) is 22.8 Å². The Kier molecular flexibility index (Phi) is 8.75. The molecule has 3 amide bonds. The Hall–Kier alpha value is -2.34. The molecule has 0 saturated carbocycles. The van der Waals surface area contributed by atoms with Gasteiger partial charge in [0.25, 0.3) is 0 Å². The lowest BCUT2D eigenvalue weighted by Crippen LogP contribution is -2.47. The van der Waals surface area contributed by atoms with E-state index in [1.54, 1.807) is 19.0 Å². The third-order valence-corrected chi connectivity index (χ3v) is 6.61. The van der Waals surface area contributed by atoms with Gasteiger partial charge in [-0.2, -0.15) is 13.2 Å². The molecule has 33 heavy (non-hydrogen) atoms. The Morgan fingerprint density at radius 1 is 1.18 bits per heavy atom. The Morgan fingerprint density at radius 2 is 1.82 bits per heavy atom.